The van der Waals surface area contributed by atoms with Crippen LogP contribution in [0.2, 0.25) is 0 Å². The van der Waals surface area contributed by atoms with E-state index in [1.54, 1.807) is 0 Å². The van der Waals surface area contributed by atoms with Gasteiger partial charge in [-0.3, -0.25) is 5.10 Å². The second kappa shape index (κ2) is 3.33. The summed E-state index contributed by atoms with van der Waals surface area (Å²) < 4.78 is 0. The molecule has 0 fully saturated rings. The first kappa shape index (κ1) is 9.66. The minimum absolute atomic E-state index is 1.06. The monoisotopic (exact) mass is 232 g/mol. The van der Waals surface area contributed by atoms with Crippen molar-refractivity contribution in [3.63, 3.8) is 0 Å². The lowest BCUT2D eigenvalue weighted by molar-refractivity contribution is 1.12. The Morgan fingerprint density at radius 2 is 1.61 bits per heavy atom. The molecule has 18 heavy (non-hydrogen) atoms. The van der Waals surface area contributed by atoms with Gasteiger partial charge in [-0.15, -0.1) is 0 Å². The highest BCUT2D eigenvalue weighted by molar-refractivity contribution is 6.24. The highest BCUT2D eigenvalue weighted by Crippen LogP contribution is 2.33. The molecule has 0 saturated carbocycles. The summed E-state index contributed by atoms with van der Waals surface area (Å²) in [6.45, 7) is 2.13. The zero-order chi connectivity index (χ0) is 12.1. The van der Waals surface area contributed by atoms with E-state index in [1.165, 1.54) is 32.5 Å². The van der Waals surface area contributed by atoms with Gasteiger partial charge in [0.2, 0.25) is 0 Å². The summed E-state index contributed by atoms with van der Waals surface area (Å²) in [7, 11) is 0. The summed E-state index contributed by atoms with van der Waals surface area (Å²) in [5.41, 5.74) is 2.34. The molecular formula is C16H12N2. The topological polar surface area (TPSA) is 28.7 Å². The molecular weight excluding hydrogens is 220 g/mol. The Morgan fingerprint density at radius 3 is 2.50 bits per heavy atom. The van der Waals surface area contributed by atoms with Gasteiger partial charge in [0.1, 0.15) is 5.52 Å². The standard InChI is InChI=1S/C16H12N2/c1-10-6-7-12-14(8-10)11-4-2-3-5-13(11)16-15(12)9-17-18-16/h2-9H,1H3,(H,17,18). The number of benzene rings is 3. The molecule has 1 heterocycles. The number of rotatable bonds is 0. The smallest absolute Gasteiger partial charge is 0.100 e. The molecule has 4 rings (SSSR count). The SMILES string of the molecule is Cc1ccc2c(c1)c1ccccc1c1n[nH]cc21. The van der Waals surface area contributed by atoms with Crippen molar-refractivity contribution in [1.82, 2.24) is 10.2 Å². The van der Waals surface area contributed by atoms with E-state index in [-0.39, 0.29) is 0 Å². The van der Waals surface area contributed by atoms with E-state index in [0.29, 0.717) is 0 Å². The van der Waals surface area contributed by atoms with Crippen LogP contribution in [0.3, 0.4) is 0 Å². The second-order valence-corrected chi connectivity index (χ2v) is 4.74. The van der Waals surface area contributed by atoms with Crippen molar-refractivity contribution in [2.24, 2.45) is 0 Å². The van der Waals surface area contributed by atoms with E-state index in [9.17, 15) is 0 Å². The van der Waals surface area contributed by atoms with Gasteiger partial charge in [-0.25, -0.2) is 0 Å². The van der Waals surface area contributed by atoms with Gasteiger partial charge in [0.05, 0.1) is 0 Å². The van der Waals surface area contributed by atoms with E-state index >= 15 is 0 Å². The lowest BCUT2D eigenvalue weighted by Crippen LogP contribution is -1.82. The summed E-state index contributed by atoms with van der Waals surface area (Å²) in [5.74, 6) is 0. The van der Waals surface area contributed by atoms with E-state index in [0.717, 1.165) is 5.52 Å². The van der Waals surface area contributed by atoms with Crippen LogP contribution in [0, 0.1) is 6.92 Å². The normalized spacial score (nSPS) is 11.6. The maximum absolute atomic E-state index is 4.39. The lowest BCUT2D eigenvalue weighted by atomic mass is 9.97. The van der Waals surface area contributed by atoms with Crippen LogP contribution in [0.15, 0.2) is 48.7 Å². The number of hydrogen-bond acceptors (Lipinski definition) is 1. The van der Waals surface area contributed by atoms with Crippen molar-refractivity contribution in [3.05, 3.63) is 54.2 Å². The molecule has 1 N–H and O–H groups in total. The third-order valence-electron chi connectivity index (χ3n) is 3.58. The number of nitrogens with zero attached hydrogens (tertiary/aromatic N) is 1. The van der Waals surface area contributed by atoms with Crippen molar-refractivity contribution < 1.29 is 0 Å². The van der Waals surface area contributed by atoms with Gasteiger partial charge in [-0.05, 0) is 23.1 Å². The van der Waals surface area contributed by atoms with Crippen LogP contribution in [0.1, 0.15) is 5.56 Å². The quantitative estimate of drug-likeness (QED) is 0.453. The van der Waals surface area contributed by atoms with Gasteiger partial charge in [0, 0.05) is 17.0 Å². The second-order valence-electron chi connectivity index (χ2n) is 4.74. The van der Waals surface area contributed by atoms with Crippen LogP contribution < -0.4 is 0 Å². The number of hydrogen-bond donors (Lipinski definition) is 1. The van der Waals surface area contributed by atoms with Crippen LogP contribution in [0.4, 0.5) is 0 Å². The van der Waals surface area contributed by atoms with E-state index < -0.39 is 0 Å². The van der Waals surface area contributed by atoms with E-state index in [1.807, 2.05) is 6.20 Å². The Hall–Kier alpha value is -2.35. The molecule has 0 aliphatic heterocycles. The molecule has 0 atom stereocenters. The Kier molecular flexibility index (Phi) is 1.78. The summed E-state index contributed by atoms with van der Waals surface area (Å²) in [5, 5.41) is 13.6. The van der Waals surface area contributed by atoms with Crippen LogP contribution in [-0.2, 0) is 0 Å². The molecule has 2 nitrogen and oxygen atoms in total. The highest BCUT2D eigenvalue weighted by Gasteiger charge is 2.09. The highest BCUT2D eigenvalue weighted by atomic mass is 15.1. The molecule has 2 heteroatoms. The molecule has 0 spiro atoms. The molecule has 0 radical (unpaired) electrons. The summed E-state index contributed by atoms with van der Waals surface area (Å²) in [6.07, 6.45) is 1.99. The fraction of sp³-hybridized carbons (Fsp3) is 0.0625. The lowest BCUT2D eigenvalue weighted by Gasteiger charge is -2.06. The van der Waals surface area contributed by atoms with Gasteiger partial charge < -0.3 is 0 Å². The van der Waals surface area contributed by atoms with Crippen LogP contribution in [0.5, 0.6) is 0 Å². The molecule has 0 aliphatic carbocycles. The van der Waals surface area contributed by atoms with E-state index in [4.69, 9.17) is 0 Å². The molecule has 0 unspecified atom stereocenters. The number of aromatic amines is 1. The Morgan fingerprint density at radius 1 is 0.833 bits per heavy atom. The van der Waals surface area contributed by atoms with Crippen molar-refractivity contribution >= 4 is 32.4 Å². The predicted octanol–water partition coefficient (Wildman–Crippen LogP) is 4.18. The first-order valence-corrected chi connectivity index (χ1v) is 6.09. The Bertz CT molecular complexity index is 887. The predicted molar refractivity (Wildman–Crippen MR) is 75.8 cm³/mol. The summed E-state index contributed by atoms with van der Waals surface area (Å²) in [6, 6.07) is 15.1. The fourth-order valence-corrected chi connectivity index (χ4v) is 2.74. The Balaban J connectivity index is 2.44. The van der Waals surface area contributed by atoms with Gasteiger partial charge in [-0.2, -0.15) is 5.10 Å². The number of fused-ring (bicyclic) bond motifs is 6. The fourth-order valence-electron chi connectivity index (χ4n) is 2.74. The molecule has 0 aliphatic rings. The maximum atomic E-state index is 4.39. The Labute approximate surface area is 104 Å². The van der Waals surface area contributed by atoms with Gasteiger partial charge >= 0.3 is 0 Å². The third-order valence-corrected chi connectivity index (χ3v) is 3.58. The molecule has 0 saturated heterocycles. The number of H-pyrrole nitrogens is 1. The zero-order valence-corrected chi connectivity index (χ0v) is 10.1. The minimum atomic E-state index is 1.06. The molecule has 0 bridgehead atoms. The van der Waals surface area contributed by atoms with Crippen LogP contribution in [0.25, 0.3) is 32.4 Å². The van der Waals surface area contributed by atoms with Crippen molar-refractivity contribution in [2.45, 2.75) is 6.92 Å². The molecule has 86 valence electrons. The number of aryl methyl sites for hydroxylation is 1. The average Bonchev–Trinajstić information content (AvgIpc) is 2.88. The molecule has 0 amide bonds. The summed E-state index contributed by atoms with van der Waals surface area (Å²) >= 11 is 0. The average molecular weight is 232 g/mol. The zero-order valence-electron chi connectivity index (χ0n) is 10.1. The molecule has 3 aromatic carbocycles. The number of aromatic nitrogens is 2. The maximum Gasteiger partial charge on any atom is 0.100 e. The van der Waals surface area contributed by atoms with Crippen molar-refractivity contribution in [1.29, 1.82) is 0 Å². The van der Waals surface area contributed by atoms with E-state index in [2.05, 4.69) is 59.6 Å². The number of nitrogens with one attached hydrogen (secondary N) is 1. The van der Waals surface area contributed by atoms with Crippen molar-refractivity contribution in [2.75, 3.05) is 0 Å². The molecule has 1 aromatic heterocycles. The summed E-state index contributed by atoms with van der Waals surface area (Å²) in [4.78, 5) is 0. The van der Waals surface area contributed by atoms with Gasteiger partial charge in [0.15, 0.2) is 0 Å². The minimum Gasteiger partial charge on any atom is -0.284 e. The molecule has 4 aromatic rings. The van der Waals surface area contributed by atoms with Crippen LogP contribution >= 0.6 is 0 Å². The van der Waals surface area contributed by atoms with Crippen LogP contribution in [-0.4, -0.2) is 10.2 Å². The largest absolute Gasteiger partial charge is 0.284 e. The first-order valence-electron chi connectivity index (χ1n) is 6.09. The van der Waals surface area contributed by atoms with Gasteiger partial charge in [0.25, 0.3) is 0 Å². The van der Waals surface area contributed by atoms with Gasteiger partial charge in [-0.1, -0.05) is 48.0 Å². The third kappa shape index (κ3) is 1.15. The first-order chi connectivity index (χ1) is 8.84. The van der Waals surface area contributed by atoms with Crippen molar-refractivity contribution in [3.8, 4) is 0 Å².